The van der Waals surface area contributed by atoms with E-state index in [1.165, 1.54) is 4.57 Å². The summed E-state index contributed by atoms with van der Waals surface area (Å²) < 4.78 is 7.29. The number of nitrogens with zero attached hydrogens (tertiary/aromatic N) is 3. The third kappa shape index (κ3) is 3.63. The van der Waals surface area contributed by atoms with Gasteiger partial charge in [0.25, 0.3) is 5.56 Å². The molecule has 0 saturated heterocycles. The lowest BCUT2D eigenvalue weighted by atomic mass is 10.2. The van der Waals surface area contributed by atoms with Crippen molar-refractivity contribution in [1.29, 1.82) is 10.5 Å². The quantitative estimate of drug-likeness (QED) is 0.685. The first-order chi connectivity index (χ1) is 13.1. The number of rotatable bonds is 3. The molecule has 2 aromatic carbocycles. The van der Waals surface area contributed by atoms with E-state index in [-0.39, 0.29) is 15.8 Å². The maximum atomic E-state index is 13.1. The van der Waals surface area contributed by atoms with Gasteiger partial charge in [0.2, 0.25) is 0 Å². The van der Waals surface area contributed by atoms with Crippen molar-refractivity contribution in [2.75, 3.05) is 7.11 Å². The number of para-hydroxylation sites is 1. The minimum Gasteiger partial charge on any atom is -0.496 e. The summed E-state index contributed by atoms with van der Waals surface area (Å²) >= 11 is 7.12. The molecule has 7 heteroatoms. The molecule has 27 heavy (non-hydrogen) atoms. The van der Waals surface area contributed by atoms with E-state index in [2.05, 4.69) is 0 Å². The van der Waals surface area contributed by atoms with Crippen LogP contribution >= 0.6 is 22.9 Å². The van der Waals surface area contributed by atoms with Crippen LogP contribution in [0.4, 0.5) is 0 Å². The SMILES string of the molecule is COc1ccccc1/C=c1\sc(=C(C#N)C#N)n(-c2cccc(Cl)c2)c1=O. The largest absolute Gasteiger partial charge is 0.496 e. The monoisotopic (exact) mass is 393 g/mol. The molecule has 0 fully saturated rings. The Kier molecular flexibility index (Phi) is 5.42. The summed E-state index contributed by atoms with van der Waals surface area (Å²) in [5, 5.41) is 19.1. The second-order valence-corrected chi connectivity index (χ2v) is 6.84. The van der Waals surface area contributed by atoms with Crippen LogP contribution in [0.2, 0.25) is 5.02 Å². The Morgan fingerprint density at radius 2 is 1.93 bits per heavy atom. The maximum Gasteiger partial charge on any atom is 0.273 e. The Labute approximate surface area is 163 Å². The second kappa shape index (κ2) is 7.92. The Bertz CT molecular complexity index is 1260. The highest BCUT2D eigenvalue weighted by molar-refractivity contribution is 7.07. The van der Waals surface area contributed by atoms with Gasteiger partial charge in [0.1, 0.15) is 22.6 Å². The normalized spacial score (nSPS) is 10.9. The topological polar surface area (TPSA) is 78.8 Å². The third-order valence-electron chi connectivity index (χ3n) is 3.75. The zero-order chi connectivity index (χ0) is 19.4. The zero-order valence-electron chi connectivity index (χ0n) is 14.1. The van der Waals surface area contributed by atoms with Crippen LogP contribution in [0.25, 0.3) is 17.3 Å². The molecule has 0 spiro atoms. The van der Waals surface area contributed by atoms with E-state index in [1.807, 2.05) is 30.3 Å². The number of methoxy groups -OCH3 is 1. The molecule has 0 atom stereocenters. The van der Waals surface area contributed by atoms with E-state index in [9.17, 15) is 15.3 Å². The average Bonchev–Trinajstić information content (AvgIpc) is 2.99. The Hall–Kier alpha value is -3.32. The number of hydrogen-bond donors (Lipinski definition) is 0. The van der Waals surface area contributed by atoms with E-state index in [0.29, 0.717) is 21.0 Å². The molecule has 0 bridgehead atoms. The van der Waals surface area contributed by atoms with Crippen molar-refractivity contribution in [2.45, 2.75) is 0 Å². The van der Waals surface area contributed by atoms with Gasteiger partial charge < -0.3 is 4.74 Å². The fourth-order valence-electron chi connectivity index (χ4n) is 2.55. The van der Waals surface area contributed by atoms with Gasteiger partial charge in [-0.1, -0.05) is 35.9 Å². The van der Waals surface area contributed by atoms with Gasteiger partial charge in [-0.3, -0.25) is 9.36 Å². The number of ether oxygens (including phenoxy) is 1. The molecular weight excluding hydrogens is 382 g/mol. The number of thiazole rings is 1. The van der Waals surface area contributed by atoms with Crippen molar-refractivity contribution in [1.82, 2.24) is 4.57 Å². The van der Waals surface area contributed by atoms with Crippen LogP contribution < -0.4 is 19.5 Å². The van der Waals surface area contributed by atoms with E-state index in [0.717, 1.165) is 16.9 Å². The fraction of sp³-hybridized carbons (Fsp3) is 0.0500. The van der Waals surface area contributed by atoms with Crippen LogP contribution in [-0.2, 0) is 0 Å². The highest BCUT2D eigenvalue weighted by atomic mass is 35.5. The van der Waals surface area contributed by atoms with Crippen LogP contribution in [0.5, 0.6) is 5.75 Å². The molecule has 0 unspecified atom stereocenters. The smallest absolute Gasteiger partial charge is 0.273 e. The molecule has 3 aromatic rings. The van der Waals surface area contributed by atoms with Crippen LogP contribution in [-0.4, -0.2) is 11.7 Å². The van der Waals surface area contributed by atoms with Gasteiger partial charge in [0.05, 0.1) is 17.3 Å². The summed E-state index contributed by atoms with van der Waals surface area (Å²) in [6.07, 6.45) is 1.68. The number of aromatic nitrogens is 1. The molecule has 0 amide bonds. The molecule has 0 aliphatic carbocycles. The summed E-state index contributed by atoms with van der Waals surface area (Å²) in [5.74, 6) is 0.617. The lowest BCUT2D eigenvalue weighted by Crippen LogP contribution is -2.30. The van der Waals surface area contributed by atoms with Crippen molar-refractivity contribution in [3.05, 3.63) is 78.7 Å². The Balaban J connectivity index is 2.42. The van der Waals surface area contributed by atoms with Crippen LogP contribution in [0, 0.1) is 22.7 Å². The molecule has 0 saturated carbocycles. The van der Waals surface area contributed by atoms with Gasteiger partial charge in [0.15, 0.2) is 5.57 Å². The summed E-state index contributed by atoms with van der Waals surface area (Å²) in [5.41, 5.74) is 0.725. The van der Waals surface area contributed by atoms with E-state index >= 15 is 0 Å². The predicted molar refractivity (Wildman–Crippen MR) is 105 cm³/mol. The highest BCUT2D eigenvalue weighted by Gasteiger charge is 2.12. The lowest BCUT2D eigenvalue weighted by molar-refractivity contribution is 0.414. The first kappa shape index (κ1) is 18.5. The molecule has 0 aliphatic heterocycles. The van der Waals surface area contributed by atoms with Crippen molar-refractivity contribution >= 4 is 34.6 Å². The van der Waals surface area contributed by atoms with Gasteiger partial charge in [-0.25, -0.2) is 0 Å². The summed E-state index contributed by atoms with van der Waals surface area (Å²) in [7, 11) is 1.55. The minimum atomic E-state index is -0.342. The van der Waals surface area contributed by atoms with E-state index < -0.39 is 0 Å². The number of halogens is 1. The van der Waals surface area contributed by atoms with Crippen molar-refractivity contribution in [3.8, 4) is 23.6 Å². The molecule has 0 radical (unpaired) electrons. The minimum absolute atomic E-state index is 0.142. The Morgan fingerprint density at radius 3 is 2.59 bits per heavy atom. The van der Waals surface area contributed by atoms with Crippen LogP contribution in [0.3, 0.4) is 0 Å². The average molecular weight is 394 g/mol. The maximum absolute atomic E-state index is 13.1. The van der Waals surface area contributed by atoms with E-state index in [1.54, 1.807) is 43.5 Å². The third-order valence-corrected chi connectivity index (χ3v) is 5.08. The summed E-state index contributed by atoms with van der Waals surface area (Å²) in [6.45, 7) is 0. The molecule has 132 valence electrons. The first-order valence-corrected chi connectivity index (χ1v) is 8.95. The molecular formula is C20H12ClN3O2S. The summed E-state index contributed by atoms with van der Waals surface area (Å²) in [6, 6.07) is 17.7. The fourth-order valence-corrected chi connectivity index (χ4v) is 3.78. The summed E-state index contributed by atoms with van der Waals surface area (Å²) in [4.78, 5) is 13.1. The molecule has 5 nitrogen and oxygen atoms in total. The first-order valence-electron chi connectivity index (χ1n) is 7.76. The zero-order valence-corrected chi connectivity index (χ0v) is 15.7. The second-order valence-electron chi connectivity index (χ2n) is 5.38. The lowest BCUT2D eigenvalue weighted by Gasteiger charge is -2.03. The molecule has 0 N–H and O–H groups in total. The number of nitriles is 2. The number of benzene rings is 2. The van der Waals surface area contributed by atoms with Gasteiger partial charge in [-0.2, -0.15) is 10.5 Å². The van der Waals surface area contributed by atoms with Gasteiger partial charge in [-0.05, 0) is 30.3 Å². The highest BCUT2D eigenvalue weighted by Crippen LogP contribution is 2.17. The van der Waals surface area contributed by atoms with Crippen molar-refractivity contribution < 1.29 is 4.74 Å². The molecule has 1 aromatic heterocycles. The molecule has 1 heterocycles. The van der Waals surface area contributed by atoms with Crippen LogP contribution in [0.1, 0.15) is 5.56 Å². The standard InChI is InChI=1S/C20H12ClN3O2S/c1-26-17-8-3-2-5-13(17)9-18-19(25)24(16-7-4-6-15(21)10-16)20(27-18)14(11-22)12-23/h2-10H,1H3/b18-9-. The Morgan fingerprint density at radius 1 is 1.19 bits per heavy atom. The molecule has 0 aliphatic rings. The van der Waals surface area contributed by atoms with Crippen molar-refractivity contribution in [2.24, 2.45) is 0 Å². The van der Waals surface area contributed by atoms with Crippen LogP contribution in [0.15, 0.2) is 53.3 Å². The molecule has 3 rings (SSSR count). The van der Waals surface area contributed by atoms with Crippen molar-refractivity contribution in [3.63, 3.8) is 0 Å². The van der Waals surface area contributed by atoms with Gasteiger partial charge in [-0.15, -0.1) is 11.3 Å². The van der Waals surface area contributed by atoms with Gasteiger partial charge in [0, 0.05) is 10.6 Å². The van der Waals surface area contributed by atoms with Gasteiger partial charge >= 0.3 is 0 Å². The number of hydrogen-bond acceptors (Lipinski definition) is 5. The predicted octanol–water partition coefficient (Wildman–Crippen LogP) is 2.59. The van der Waals surface area contributed by atoms with E-state index in [4.69, 9.17) is 16.3 Å².